The second-order valence-corrected chi connectivity index (χ2v) is 6.95. The first-order valence-corrected chi connectivity index (χ1v) is 8.05. The van der Waals surface area contributed by atoms with Crippen molar-refractivity contribution in [1.82, 2.24) is 15.5 Å². The first-order valence-electron chi connectivity index (χ1n) is 8.05. The lowest BCUT2D eigenvalue weighted by Crippen LogP contribution is -2.47. The molecule has 1 aliphatic heterocycles. The maximum absolute atomic E-state index is 12.4. The second-order valence-electron chi connectivity index (χ2n) is 6.95. The van der Waals surface area contributed by atoms with Gasteiger partial charge in [-0.2, -0.15) is 0 Å². The topological polar surface area (TPSA) is 44.4 Å². The zero-order chi connectivity index (χ0) is 15.2. The van der Waals surface area contributed by atoms with Crippen LogP contribution in [-0.2, 0) is 4.79 Å². The quantitative estimate of drug-likeness (QED) is 0.701. The minimum absolute atomic E-state index is 0.207. The Hall–Kier alpha value is -0.610. The zero-order valence-corrected chi connectivity index (χ0v) is 14.0. The Labute approximate surface area is 124 Å². The first-order chi connectivity index (χ1) is 9.35. The lowest BCUT2D eigenvalue weighted by atomic mass is 9.74. The average Bonchev–Trinajstić information content (AvgIpc) is 2.43. The Morgan fingerprint density at radius 2 is 2.15 bits per heavy atom. The molecule has 118 valence electrons. The van der Waals surface area contributed by atoms with Crippen LogP contribution in [0.2, 0.25) is 0 Å². The SMILES string of the molecule is CC(C)N(C)CCCNC(=O)C(C)(C)C1CCCNC1. The van der Waals surface area contributed by atoms with Crippen molar-refractivity contribution in [2.75, 3.05) is 33.2 Å². The predicted molar refractivity (Wildman–Crippen MR) is 84.8 cm³/mol. The summed E-state index contributed by atoms with van der Waals surface area (Å²) in [5, 5.41) is 6.52. The molecule has 0 bridgehead atoms. The summed E-state index contributed by atoms with van der Waals surface area (Å²) in [6, 6.07) is 0.565. The number of nitrogens with zero attached hydrogens (tertiary/aromatic N) is 1. The summed E-state index contributed by atoms with van der Waals surface area (Å²) >= 11 is 0. The summed E-state index contributed by atoms with van der Waals surface area (Å²) in [4.78, 5) is 14.7. The molecule has 0 aromatic heterocycles. The number of hydrogen-bond donors (Lipinski definition) is 2. The van der Waals surface area contributed by atoms with E-state index in [0.29, 0.717) is 12.0 Å². The number of carbonyl (C=O) groups excluding carboxylic acids is 1. The minimum Gasteiger partial charge on any atom is -0.356 e. The summed E-state index contributed by atoms with van der Waals surface area (Å²) in [6.45, 7) is 12.4. The minimum atomic E-state index is -0.266. The van der Waals surface area contributed by atoms with Crippen molar-refractivity contribution >= 4 is 5.91 Å². The van der Waals surface area contributed by atoms with E-state index in [9.17, 15) is 4.79 Å². The molecule has 1 amide bonds. The molecule has 0 radical (unpaired) electrons. The van der Waals surface area contributed by atoms with Crippen molar-refractivity contribution in [1.29, 1.82) is 0 Å². The number of hydrogen-bond acceptors (Lipinski definition) is 3. The van der Waals surface area contributed by atoms with Gasteiger partial charge < -0.3 is 15.5 Å². The van der Waals surface area contributed by atoms with Crippen molar-refractivity contribution in [2.24, 2.45) is 11.3 Å². The maximum atomic E-state index is 12.4. The van der Waals surface area contributed by atoms with Crippen molar-refractivity contribution in [3.8, 4) is 0 Å². The standard InChI is InChI=1S/C16H33N3O/c1-13(2)19(5)11-7-10-18-15(20)16(3,4)14-8-6-9-17-12-14/h13-14,17H,6-12H2,1-5H3,(H,18,20). The third-order valence-electron chi connectivity index (χ3n) is 4.76. The largest absolute Gasteiger partial charge is 0.356 e. The van der Waals surface area contributed by atoms with Crippen molar-refractivity contribution < 1.29 is 4.79 Å². The smallest absolute Gasteiger partial charge is 0.225 e. The van der Waals surface area contributed by atoms with E-state index in [4.69, 9.17) is 0 Å². The van der Waals surface area contributed by atoms with E-state index >= 15 is 0 Å². The summed E-state index contributed by atoms with van der Waals surface area (Å²) in [6.07, 6.45) is 3.35. The summed E-state index contributed by atoms with van der Waals surface area (Å²) in [5.41, 5.74) is -0.266. The van der Waals surface area contributed by atoms with Gasteiger partial charge in [0.25, 0.3) is 0 Å². The molecule has 20 heavy (non-hydrogen) atoms. The fourth-order valence-corrected chi connectivity index (χ4v) is 2.67. The molecule has 1 atom stereocenters. The van der Waals surface area contributed by atoms with Gasteiger partial charge in [0, 0.05) is 18.0 Å². The lowest BCUT2D eigenvalue weighted by molar-refractivity contribution is -0.132. The first kappa shape index (κ1) is 17.4. The van der Waals surface area contributed by atoms with Gasteiger partial charge in [-0.15, -0.1) is 0 Å². The van der Waals surface area contributed by atoms with Crippen LogP contribution >= 0.6 is 0 Å². The van der Waals surface area contributed by atoms with E-state index in [1.807, 2.05) is 0 Å². The molecule has 0 saturated carbocycles. The molecule has 1 aliphatic rings. The van der Waals surface area contributed by atoms with E-state index in [-0.39, 0.29) is 11.3 Å². The Morgan fingerprint density at radius 1 is 1.45 bits per heavy atom. The number of rotatable bonds is 7. The fraction of sp³-hybridized carbons (Fsp3) is 0.938. The number of carbonyl (C=O) groups is 1. The molecular weight excluding hydrogens is 250 g/mol. The number of amides is 1. The average molecular weight is 283 g/mol. The van der Waals surface area contributed by atoms with Crippen molar-refractivity contribution in [3.05, 3.63) is 0 Å². The molecule has 4 nitrogen and oxygen atoms in total. The number of nitrogens with one attached hydrogen (secondary N) is 2. The van der Waals surface area contributed by atoms with E-state index < -0.39 is 0 Å². The van der Waals surface area contributed by atoms with Gasteiger partial charge in [-0.3, -0.25) is 4.79 Å². The molecule has 0 aromatic rings. The monoisotopic (exact) mass is 283 g/mol. The molecule has 0 aliphatic carbocycles. The Kier molecular flexibility index (Phi) is 6.96. The van der Waals surface area contributed by atoms with Crippen molar-refractivity contribution in [2.45, 2.75) is 53.0 Å². The molecule has 2 N–H and O–H groups in total. The molecule has 1 rings (SSSR count). The third kappa shape index (κ3) is 5.06. The Balaban J connectivity index is 2.30. The van der Waals surface area contributed by atoms with Crippen LogP contribution in [0.3, 0.4) is 0 Å². The van der Waals surface area contributed by atoms with Crippen LogP contribution in [0.4, 0.5) is 0 Å². The van der Waals surface area contributed by atoms with Crippen LogP contribution in [0, 0.1) is 11.3 Å². The zero-order valence-electron chi connectivity index (χ0n) is 14.0. The molecule has 1 saturated heterocycles. The van der Waals surface area contributed by atoms with Crippen LogP contribution in [0.1, 0.15) is 47.0 Å². The molecule has 0 aromatic carbocycles. The number of piperidine rings is 1. The second kappa shape index (κ2) is 7.99. The van der Waals surface area contributed by atoms with Crippen LogP contribution in [0.5, 0.6) is 0 Å². The van der Waals surface area contributed by atoms with Gasteiger partial charge in [0.15, 0.2) is 0 Å². The van der Waals surface area contributed by atoms with Gasteiger partial charge in [0.2, 0.25) is 5.91 Å². The molecule has 1 fully saturated rings. The maximum Gasteiger partial charge on any atom is 0.225 e. The molecule has 1 unspecified atom stereocenters. The molecule has 4 heteroatoms. The lowest BCUT2D eigenvalue weighted by Gasteiger charge is -2.36. The normalized spacial score (nSPS) is 20.4. The van der Waals surface area contributed by atoms with Gasteiger partial charge in [0.1, 0.15) is 0 Å². The van der Waals surface area contributed by atoms with E-state index in [1.165, 1.54) is 6.42 Å². The molecule has 0 spiro atoms. The summed E-state index contributed by atoms with van der Waals surface area (Å²) < 4.78 is 0. The van der Waals surface area contributed by atoms with Crippen LogP contribution in [0.15, 0.2) is 0 Å². The highest BCUT2D eigenvalue weighted by Crippen LogP contribution is 2.31. The van der Waals surface area contributed by atoms with E-state index in [0.717, 1.165) is 39.0 Å². The third-order valence-corrected chi connectivity index (χ3v) is 4.76. The molecule has 1 heterocycles. The van der Waals surface area contributed by atoms with Gasteiger partial charge in [-0.05, 0) is 65.7 Å². The summed E-state index contributed by atoms with van der Waals surface area (Å²) in [5.74, 6) is 0.660. The Bertz CT molecular complexity index is 296. The highest BCUT2D eigenvalue weighted by molar-refractivity contribution is 5.82. The van der Waals surface area contributed by atoms with Gasteiger partial charge in [-0.1, -0.05) is 13.8 Å². The Morgan fingerprint density at radius 3 is 2.70 bits per heavy atom. The van der Waals surface area contributed by atoms with Crippen LogP contribution < -0.4 is 10.6 Å². The summed E-state index contributed by atoms with van der Waals surface area (Å²) in [7, 11) is 2.13. The van der Waals surface area contributed by atoms with Crippen molar-refractivity contribution in [3.63, 3.8) is 0 Å². The fourth-order valence-electron chi connectivity index (χ4n) is 2.67. The van der Waals surface area contributed by atoms with Gasteiger partial charge in [0.05, 0.1) is 0 Å². The van der Waals surface area contributed by atoms with Crippen LogP contribution in [-0.4, -0.2) is 50.1 Å². The molecular formula is C16H33N3O. The van der Waals surface area contributed by atoms with E-state index in [2.05, 4.69) is 50.3 Å². The highest BCUT2D eigenvalue weighted by Gasteiger charge is 2.36. The van der Waals surface area contributed by atoms with Gasteiger partial charge >= 0.3 is 0 Å². The van der Waals surface area contributed by atoms with E-state index in [1.54, 1.807) is 0 Å². The highest BCUT2D eigenvalue weighted by atomic mass is 16.2. The van der Waals surface area contributed by atoms with Gasteiger partial charge in [-0.25, -0.2) is 0 Å². The predicted octanol–water partition coefficient (Wildman–Crippen LogP) is 1.86. The van der Waals surface area contributed by atoms with Crippen LogP contribution in [0.25, 0.3) is 0 Å².